The van der Waals surface area contributed by atoms with Gasteiger partial charge >= 0.3 is 0 Å². The third-order valence-electron chi connectivity index (χ3n) is 2.63. The lowest BCUT2D eigenvalue weighted by Crippen LogP contribution is -2.44. The van der Waals surface area contributed by atoms with E-state index in [-0.39, 0.29) is 5.82 Å². The number of aliphatic imine (C=N–C) groups is 1. The number of nitrogens with two attached hydrogens (primary N) is 1. The van der Waals surface area contributed by atoms with Crippen LogP contribution in [-0.4, -0.2) is 30.3 Å². The first-order valence-corrected chi connectivity index (χ1v) is 5.56. The second-order valence-corrected chi connectivity index (χ2v) is 3.94. The Balaban J connectivity index is 1.89. The number of aromatic nitrogens is 1. The largest absolute Gasteiger partial charge is 0.397 e. The molecule has 1 aromatic heterocycles. The quantitative estimate of drug-likeness (QED) is 0.762. The molecule has 17 heavy (non-hydrogen) atoms. The lowest BCUT2D eigenvalue weighted by atomic mass is 10.1. The Morgan fingerprint density at radius 3 is 3.06 bits per heavy atom. The van der Waals surface area contributed by atoms with Gasteiger partial charge in [0.15, 0.2) is 0 Å². The Kier molecular flexibility index (Phi) is 3.82. The van der Waals surface area contributed by atoms with Gasteiger partial charge in [-0.15, -0.1) is 0 Å². The van der Waals surface area contributed by atoms with Crippen molar-refractivity contribution in [3.8, 4) is 0 Å². The van der Waals surface area contributed by atoms with Crippen LogP contribution in [-0.2, 0) is 0 Å². The maximum Gasteiger partial charge on any atom is 0.141 e. The van der Waals surface area contributed by atoms with Crippen LogP contribution < -0.4 is 11.1 Å². The van der Waals surface area contributed by atoms with Crippen molar-refractivity contribution in [3.63, 3.8) is 0 Å². The highest BCUT2D eigenvalue weighted by Crippen LogP contribution is 2.05. The molecule has 5 heteroatoms. The van der Waals surface area contributed by atoms with E-state index in [1.54, 1.807) is 18.4 Å². The maximum absolute atomic E-state index is 12.6. The Morgan fingerprint density at radius 2 is 2.47 bits per heavy atom. The molecule has 0 radical (unpaired) electrons. The van der Waals surface area contributed by atoms with Gasteiger partial charge in [0.1, 0.15) is 5.82 Å². The van der Waals surface area contributed by atoms with E-state index in [1.165, 1.54) is 12.5 Å². The van der Waals surface area contributed by atoms with Crippen LogP contribution in [0.15, 0.2) is 29.4 Å². The number of nitrogens with one attached hydrogen (secondary N) is 1. The predicted octanol–water partition coefficient (Wildman–Crippen LogP) is 0.953. The number of hydrogen-bond donors (Lipinski definition) is 2. The zero-order valence-electron chi connectivity index (χ0n) is 9.44. The highest BCUT2D eigenvalue weighted by atomic mass is 19.1. The standard InChI is InChI=1S/C12H15FN4/c13-9-1-2-12(17-7-9)11(14)4-5-15-8-10-3-6-16-10/h1-2,4-5,7,10,16H,3,6,8,14H2/b11-4-,15-5?/t10-/m0/s1. The molecule has 1 saturated heterocycles. The molecule has 0 bridgehead atoms. The van der Waals surface area contributed by atoms with Crippen LogP contribution in [0.25, 0.3) is 5.70 Å². The zero-order chi connectivity index (χ0) is 12.1. The van der Waals surface area contributed by atoms with Crippen molar-refractivity contribution in [3.05, 3.63) is 35.9 Å². The first-order chi connectivity index (χ1) is 8.25. The Morgan fingerprint density at radius 1 is 1.65 bits per heavy atom. The van der Waals surface area contributed by atoms with Crippen molar-refractivity contribution in [1.29, 1.82) is 0 Å². The summed E-state index contributed by atoms with van der Waals surface area (Å²) in [6.07, 6.45) is 5.67. The molecule has 0 aliphatic carbocycles. The molecular weight excluding hydrogens is 219 g/mol. The maximum atomic E-state index is 12.6. The molecule has 1 aliphatic heterocycles. The molecule has 0 amide bonds. The van der Waals surface area contributed by atoms with Crippen LogP contribution in [0.4, 0.5) is 4.39 Å². The number of pyridine rings is 1. The molecule has 4 nitrogen and oxygen atoms in total. The van der Waals surface area contributed by atoms with Gasteiger partial charge in [0.2, 0.25) is 0 Å². The van der Waals surface area contributed by atoms with Gasteiger partial charge in [-0.25, -0.2) is 4.39 Å². The number of hydrogen-bond acceptors (Lipinski definition) is 4. The van der Waals surface area contributed by atoms with E-state index in [0.29, 0.717) is 17.4 Å². The van der Waals surface area contributed by atoms with E-state index in [0.717, 1.165) is 19.3 Å². The number of nitrogens with zero attached hydrogens (tertiary/aromatic N) is 2. The summed E-state index contributed by atoms with van der Waals surface area (Å²) < 4.78 is 12.6. The third kappa shape index (κ3) is 3.35. The topological polar surface area (TPSA) is 63.3 Å². The molecule has 0 saturated carbocycles. The first-order valence-electron chi connectivity index (χ1n) is 5.56. The van der Waals surface area contributed by atoms with Crippen molar-refractivity contribution in [2.45, 2.75) is 12.5 Å². The van der Waals surface area contributed by atoms with Crippen molar-refractivity contribution < 1.29 is 4.39 Å². The molecule has 0 unspecified atom stereocenters. The van der Waals surface area contributed by atoms with E-state index < -0.39 is 0 Å². The van der Waals surface area contributed by atoms with Gasteiger partial charge in [-0.2, -0.15) is 0 Å². The molecule has 0 aromatic carbocycles. The Labute approximate surface area is 99.5 Å². The average molecular weight is 234 g/mol. The fourth-order valence-corrected chi connectivity index (χ4v) is 1.46. The third-order valence-corrected chi connectivity index (χ3v) is 2.63. The highest BCUT2D eigenvalue weighted by Gasteiger charge is 2.14. The van der Waals surface area contributed by atoms with Crippen molar-refractivity contribution in [1.82, 2.24) is 10.3 Å². The van der Waals surface area contributed by atoms with E-state index in [2.05, 4.69) is 15.3 Å². The summed E-state index contributed by atoms with van der Waals surface area (Å²) >= 11 is 0. The van der Waals surface area contributed by atoms with E-state index in [1.807, 2.05) is 0 Å². The van der Waals surface area contributed by atoms with Crippen molar-refractivity contribution in [2.75, 3.05) is 13.1 Å². The van der Waals surface area contributed by atoms with Gasteiger partial charge in [-0.1, -0.05) is 0 Å². The average Bonchev–Trinajstić information content (AvgIpc) is 2.27. The summed E-state index contributed by atoms with van der Waals surface area (Å²) in [6.45, 7) is 1.85. The van der Waals surface area contributed by atoms with Gasteiger partial charge < -0.3 is 11.1 Å². The molecule has 1 atom stereocenters. The first kappa shape index (κ1) is 11.7. The minimum atomic E-state index is -0.369. The van der Waals surface area contributed by atoms with Gasteiger partial charge in [-0.05, 0) is 31.2 Å². The summed E-state index contributed by atoms with van der Waals surface area (Å²) in [5.41, 5.74) is 6.81. The van der Waals surface area contributed by atoms with E-state index >= 15 is 0 Å². The Hall–Kier alpha value is -1.75. The van der Waals surface area contributed by atoms with Gasteiger partial charge in [-0.3, -0.25) is 9.98 Å². The van der Waals surface area contributed by atoms with Crippen LogP contribution >= 0.6 is 0 Å². The summed E-state index contributed by atoms with van der Waals surface area (Å²) in [4.78, 5) is 8.11. The summed E-state index contributed by atoms with van der Waals surface area (Å²) in [6, 6.07) is 3.38. The SMILES string of the molecule is N/C(=C\C=NC[C@@H]1CCN1)c1ccc(F)cn1. The minimum absolute atomic E-state index is 0.369. The zero-order valence-corrected chi connectivity index (χ0v) is 9.44. The van der Waals surface area contributed by atoms with Crippen LogP contribution in [0.3, 0.4) is 0 Å². The van der Waals surface area contributed by atoms with Gasteiger partial charge in [0.25, 0.3) is 0 Å². The smallest absolute Gasteiger partial charge is 0.141 e. The monoisotopic (exact) mass is 234 g/mol. The lowest BCUT2D eigenvalue weighted by molar-refractivity contribution is 0.380. The summed E-state index contributed by atoms with van der Waals surface area (Å²) in [5.74, 6) is -0.369. The van der Waals surface area contributed by atoms with E-state index in [9.17, 15) is 4.39 Å². The number of halogens is 1. The second kappa shape index (κ2) is 5.54. The highest BCUT2D eigenvalue weighted by molar-refractivity contribution is 5.82. The summed E-state index contributed by atoms with van der Waals surface area (Å²) in [7, 11) is 0. The van der Waals surface area contributed by atoms with Crippen LogP contribution in [0.1, 0.15) is 12.1 Å². The Bertz CT molecular complexity index is 421. The van der Waals surface area contributed by atoms with Gasteiger partial charge in [0.05, 0.1) is 24.1 Å². The van der Waals surface area contributed by atoms with E-state index in [4.69, 9.17) is 5.73 Å². The lowest BCUT2D eigenvalue weighted by Gasteiger charge is -2.25. The molecule has 1 aromatic rings. The summed E-state index contributed by atoms with van der Waals surface area (Å²) in [5, 5.41) is 3.25. The molecule has 2 rings (SSSR count). The number of rotatable bonds is 4. The molecule has 1 fully saturated rings. The fourth-order valence-electron chi connectivity index (χ4n) is 1.46. The fraction of sp³-hybridized carbons (Fsp3) is 0.333. The predicted molar refractivity (Wildman–Crippen MR) is 66.1 cm³/mol. The van der Waals surface area contributed by atoms with Crippen LogP contribution in [0, 0.1) is 5.82 Å². The molecule has 0 spiro atoms. The van der Waals surface area contributed by atoms with Crippen LogP contribution in [0.5, 0.6) is 0 Å². The normalized spacial score (nSPS) is 20.5. The number of allylic oxidation sites excluding steroid dienone is 1. The van der Waals surface area contributed by atoms with Crippen LogP contribution in [0.2, 0.25) is 0 Å². The molecular formula is C12H15FN4. The molecule has 3 N–H and O–H groups in total. The molecule has 2 heterocycles. The minimum Gasteiger partial charge on any atom is -0.397 e. The molecule has 90 valence electrons. The molecule has 1 aliphatic rings. The van der Waals surface area contributed by atoms with Crippen molar-refractivity contribution in [2.24, 2.45) is 10.7 Å². The van der Waals surface area contributed by atoms with Gasteiger partial charge in [0, 0.05) is 12.3 Å². The van der Waals surface area contributed by atoms with Crippen molar-refractivity contribution >= 4 is 11.9 Å². The second-order valence-electron chi connectivity index (χ2n) is 3.94.